The number of benzene rings is 1. The summed E-state index contributed by atoms with van der Waals surface area (Å²) in [5.74, 6) is 2.59. The van der Waals surface area contributed by atoms with E-state index in [0.29, 0.717) is 0 Å². The summed E-state index contributed by atoms with van der Waals surface area (Å²) in [7, 11) is 3.62. The van der Waals surface area contributed by atoms with Crippen LogP contribution in [0.15, 0.2) is 18.2 Å². The van der Waals surface area contributed by atoms with Crippen LogP contribution in [0.4, 0.5) is 0 Å². The van der Waals surface area contributed by atoms with Crippen LogP contribution in [-0.4, -0.2) is 20.8 Å². The van der Waals surface area contributed by atoms with Crippen molar-refractivity contribution in [2.75, 3.05) is 20.8 Å². The molecule has 0 radical (unpaired) electrons. The second-order valence-corrected chi connectivity index (χ2v) is 4.60. The molecule has 0 amide bonds. The van der Waals surface area contributed by atoms with Crippen LogP contribution in [0.1, 0.15) is 24.8 Å². The van der Waals surface area contributed by atoms with E-state index in [0.717, 1.165) is 30.6 Å². The molecular weight excluding hydrogens is 214 g/mol. The summed E-state index contributed by atoms with van der Waals surface area (Å²) >= 11 is 0. The van der Waals surface area contributed by atoms with Crippen LogP contribution in [0.2, 0.25) is 0 Å². The van der Waals surface area contributed by atoms with Gasteiger partial charge in [0.15, 0.2) is 11.5 Å². The fourth-order valence-corrected chi connectivity index (χ4v) is 1.89. The number of hydrogen-bond acceptors (Lipinski definition) is 3. The third-order valence-corrected chi connectivity index (χ3v) is 3.09. The van der Waals surface area contributed by atoms with E-state index in [2.05, 4.69) is 17.4 Å². The van der Waals surface area contributed by atoms with Crippen molar-refractivity contribution < 1.29 is 9.47 Å². The van der Waals surface area contributed by atoms with E-state index in [-0.39, 0.29) is 0 Å². The molecule has 0 unspecified atom stereocenters. The normalized spacial score (nSPS) is 14.7. The average Bonchev–Trinajstić information content (AvgIpc) is 3.14. The van der Waals surface area contributed by atoms with Crippen LogP contribution in [0, 0.1) is 5.92 Å². The highest BCUT2D eigenvalue weighted by Gasteiger charge is 2.20. The molecule has 1 saturated carbocycles. The summed E-state index contributed by atoms with van der Waals surface area (Å²) in [5, 5.41) is 3.14. The van der Waals surface area contributed by atoms with Crippen molar-refractivity contribution in [2.45, 2.75) is 25.8 Å². The molecule has 1 aliphatic rings. The van der Waals surface area contributed by atoms with E-state index in [1.807, 2.05) is 13.1 Å². The average molecular weight is 235 g/mol. The Kier molecular flexibility index (Phi) is 4.26. The second kappa shape index (κ2) is 5.92. The first-order valence-electron chi connectivity index (χ1n) is 6.28. The molecule has 1 aromatic carbocycles. The van der Waals surface area contributed by atoms with Gasteiger partial charge in [-0.25, -0.2) is 0 Å². The highest BCUT2D eigenvalue weighted by molar-refractivity contribution is 5.42. The molecule has 2 rings (SSSR count). The first kappa shape index (κ1) is 12.2. The highest BCUT2D eigenvalue weighted by atomic mass is 16.5. The molecule has 0 bridgehead atoms. The Morgan fingerprint density at radius 3 is 2.76 bits per heavy atom. The molecule has 0 aromatic heterocycles. The lowest BCUT2D eigenvalue weighted by molar-refractivity contribution is 0.282. The molecule has 1 aromatic rings. The molecule has 17 heavy (non-hydrogen) atoms. The van der Waals surface area contributed by atoms with E-state index in [1.54, 1.807) is 7.11 Å². The molecule has 0 spiro atoms. The SMILES string of the molecule is CNCc1ccc(OC)c(OCCC2CC2)c1. The van der Waals surface area contributed by atoms with Gasteiger partial charge >= 0.3 is 0 Å². The Morgan fingerprint density at radius 2 is 2.12 bits per heavy atom. The Morgan fingerprint density at radius 1 is 1.29 bits per heavy atom. The minimum absolute atomic E-state index is 0.796. The molecule has 0 saturated heterocycles. The largest absolute Gasteiger partial charge is 0.493 e. The molecule has 0 aliphatic heterocycles. The first-order chi connectivity index (χ1) is 8.33. The lowest BCUT2D eigenvalue weighted by Gasteiger charge is -2.12. The van der Waals surface area contributed by atoms with Crippen LogP contribution >= 0.6 is 0 Å². The molecule has 3 nitrogen and oxygen atoms in total. The van der Waals surface area contributed by atoms with E-state index in [1.165, 1.54) is 24.8 Å². The van der Waals surface area contributed by atoms with Gasteiger partial charge in [0.25, 0.3) is 0 Å². The zero-order valence-electron chi connectivity index (χ0n) is 10.7. The number of ether oxygens (including phenoxy) is 2. The van der Waals surface area contributed by atoms with Crippen molar-refractivity contribution >= 4 is 0 Å². The number of rotatable bonds is 7. The third-order valence-electron chi connectivity index (χ3n) is 3.09. The molecule has 94 valence electrons. The molecule has 0 heterocycles. The van der Waals surface area contributed by atoms with Gasteiger partial charge in [-0.05, 0) is 37.1 Å². The summed E-state index contributed by atoms with van der Waals surface area (Å²) in [6, 6.07) is 6.09. The first-order valence-corrected chi connectivity index (χ1v) is 6.28. The zero-order chi connectivity index (χ0) is 12.1. The van der Waals surface area contributed by atoms with Gasteiger partial charge in [-0.1, -0.05) is 18.9 Å². The van der Waals surface area contributed by atoms with Gasteiger partial charge in [-0.15, -0.1) is 0 Å². The van der Waals surface area contributed by atoms with Crippen LogP contribution < -0.4 is 14.8 Å². The number of nitrogens with one attached hydrogen (secondary N) is 1. The van der Waals surface area contributed by atoms with Gasteiger partial charge in [0.2, 0.25) is 0 Å². The van der Waals surface area contributed by atoms with Crippen molar-refractivity contribution in [3.8, 4) is 11.5 Å². The van der Waals surface area contributed by atoms with E-state index < -0.39 is 0 Å². The van der Waals surface area contributed by atoms with Gasteiger partial charge in [-0.2, -0.15) is 0 Å². The highest BCUT2D eigenvalue weighted by Crippen LogP contribution is 2.33. The summed E-state index contributed by atoms with van der Waals surface area (Å²) in [4.78, 5) is 0. The van der Waals surface area contributed by atoms with E-state index in [9.17, 15) is 0 Å². The van der Waals surface area contributed by atoms with Gasteiger partial charge < -0.3 is 14.8 Å². The fourth-order valence-electron chi connectivity index (χ4n) is 1.89. The minimum Gasteiger partial charge on any atom is -0.493 e. The predicted molar refractivity (Wildman–Crippen MR) is 68.6 cm³/mol. The maximum Gasteiger partial charge on any atom is 0.161 e. The van der Waals surface area contributed by atoms with Gasteiger partial charge in [0.1, 0.15) is 0 Å². The quantitative estimate of drug-likeness (QED) is 0.788. The minimum atomic E-state index is 0.796. The Balaban J connectivity index is 1.96. The summed E-state index contributed by atoms with van der Waals surface area (Å²) in [6.45, 7) is 1.65. The maximum absolute atomic E-state index is 5.81. The van der Waals surface area contributed by atoms with Crippen LogP contribution in [0.25, 0.3) is 0 Å². The van der Waals surface area contributed by atoms with Crippen molar-refractivity contribution in [3.05, 3.63) is 23.8 Å². The monoisotopic (exact) mass is 235 g/mol. The Labute approximate surface area is 103 Å². The van der Waals surface area contributed by atoms with Gasteiger partial charge in [-0.3, -0.25) is 0 Å². The molecule has 0 atom stereocenters. The van der Waals surface area contributed by atoms with Crippen LogP contribution in [-0.2, 0) is 6.54 Å². The summed E-state index contributed by atoms with van der Waals surface area (Å²) in [6.07, 6.45) is 3.92. The summed E-state index contributed by atoms with van der Waals surface area (Å²) in [5.41, 5.74) is 1.22. The van der Waals surface area contributed by atoms with Crippen molar-refractivity contribution in [3.63, 3.8) is 0 Å². The molecule has 1 fully saturated rings. The van der Waals surface area contributed by atoms with Gasteiger partial charge in [0, 0.05) is 6.54 Å². The van der Waals surface area contributed by atoms with Crippen molar-refractivity contribution in [2.24, 2.45) is 5.92 Å². The second-order valence-electron chi connectivity index (χ2n) is 4.60. The predicted octanol–water partition coefficient (Wildman–Crippen LogP) is 2.59. The fraction of sp³-hybridized carbons (Fsp3) is 0.571. The maximum atomic E-state index is 5.81. The van der Waals surface area contributed by atoms with Crippen LogP contribution in [0.3, 0.4) is 0 Å². The third kappa shape index (κ3) is 3.63. The standard InChI is InChI=1S/C14H21NO2/c1-15-10-12-5-6-13(16-2)14(9-12)17-8-7-11-3-4-11/h5-6,9,11,15H,3-4,7-8,10H2,1-2H3. The van der Waals surface area contributed by atoms with Crippen molar-refractivity contribution in [1.29, 1.82) is 0 Å². The summed E-state index contributed by atoms with van der Waals surface area (Å²) < 4.78 is 11.1. The molecule has 1 aliphatic carbocycles. The lowest BCUT2D eigenvalue weighted by atomic mass is 10.2. The van der Waals surface area contributed by atoms with E-state index in [4.69, 9.17) is 9.47 Å². The topological polar surface area (TPSA) is 30.5 Å². The zero-order valence-corrected chi connectivity index (χ0v) is 10.7. The number of hydrogen-bond donors (Lipinski definition) is 1. The Bertz CT molecular complexity index is 361. The van der Waals surface area contributed by atoms with Crippen LogP contribution in [0.5, 0.6) is 11.5 Å². The van der Waals surface area contributed by atoms with E-state index >= 15 is 0 Å². The smallest absolute Gasteiger partial charge is 0.161 e. The number of methoxy groups -OCH3 is 1. The molecular formula is C14H21NO2. The Hall–Kier alpha value is -1.22. The lowest BCUT2D eigenvalue weighted by Crippen LogP contribution is -2.06. The van der Waals surface area contributed by atoms with Crippen molar-refractivity contribution in [1.82, 2.24) is 5.32 Å². The molecule has 1 N–H and O–H groups in total. The van der Waals surface area contributed by atoms with Gasteiger partial charge in [0.05, 0.1) is 13.7 Å². The molecule has 3 heteroatoms.